The minimum atomic E-state index is -0.221. The lowest BCUT2D eigenvalue weighted by atomic mass is 10.0. The molecule has 0 saturated heterocycles. The molecule has 2 aromatic rings. The second kappa shape index (κ2) is 6.66. The van der Waals surface area contributed by atoms with Gasteiger partial charge < -0.3 is 19.7 Å². The van der Waals surface area contributed by atoms with E-state index in [1.54, 1.807) is 18.3 Å². The van der Waals surface area contributed by atoms with E-state index in [1.165, 1.54) is 0 Å². The molecule has 0 aliphatic carbocycles. The highest BCUT2D eigenvalue weighted by Crippen LogP contribution is 2.32. The predicted molar refractivity (Wildman–Crippen MR) is 88.5 cm³/mol. The van der Waals surface area contributed by atoms with E-state index in [-0.39, 0.29) is 12.5 Å². The summed E-state index contributed by atoms with van der Waals surface area (Å²) in [7, 11) is 0. The highest BCUT2D eigenvalue weighted by molar-refractivity contribution is 5.95. The maximum absolute atomic E-state index is 12.0. The van der Waals surface area contributed by atoms with Crippen molar-refractivity contribution in [2.75, 3.05) is 18.5 Å². The van der Waals surface area contributed by atoms with Gasteiger partial charge >= 0.3 is 0 Å². The number of hydrogen-bond acceptors (Lipinski definition) is 3. The zero-order valence-corrected chi connectivity index (χ0v) is 13.0. The molecule has 0 atom stereocenters. The molecule has 23 heavy (non-hydrogen) atoms. The average Bonchev–Trinajstić information content (AvgIpc) is 3.02. The van der Waals surface area contributed by atoms with E-state index < -0.39 is 0 Å². The van der Waals surface area contributed by atoms with Crippen molar-refractivity contribution in [3.63, 3.8) is 0 Å². The van der Waals surface area contributed by atoms with Gasteiger partial charge in [0.05, 0.1) is 17.5 Å². The van der Waals surface area contributed by atoms with E-state index in [0.29, 0.717) is 18.0 Å². The normalized spacial score (nSPS) is 13.3. The van der Waals surface area contributed by atoms with Crippen LogP contribution in [0.1, 0.15) is 24.7 Å². The molecule has 6 heteroatoms. The third kappa shape index (κ3) is 3.27. The molecule has 0 unspecified atom stereocenters. The van der Waals surface area contributed by atoms with Gasteiger partial charge in [0.2, 0.25) is 5.91 Å². The summed E-state index contributed by atoms with van der Waals surface area (Å²) in [5, 5.41) is 10.7. The largest absolute Gasteiger partial charge is 0.593 e. The first-order valence-electron chi connectivity index (χ1n) is 7.65. The van der Waals surface area contributed by atoms with Crippen molar-refractivity contribution in [1.29, 1.82) is 0 Å². The maximum atomic E-state index is 12.0. The zero-order valence-electron chi connectivity index (χ0n) is 13.0. The number of imidazole rings is 1. The molecule has 1 aliphatic rings. The van der Waals surface area contributed by atoms with E-state index in [4.69, 9.17) is 9.84 Å². The summed E-state index contributed by atoms with van der Waals surface area (Å²) in [4.78, 5) is 16.3. The Kier molecular flexibility index (Phi) is 4.43. The molecule has 0 saturated carbocycles. The first-order valence-corrected chi connectivity index (χ1v) is 7.65. The molecule has 1 aromatic heterocycles. The standard InChI is InChI=1S/C17H19N3O3/c1-2-23-11-17(22)19-14-10-12(21)6-7-13(14)15-4-3-5-16-18-8-9-20(15)16/h4,6-10,21H,2-3,5,11H2,1H3,(H,19,22)/p+1. The van der Waals surface area contributed by atoms with Crippen LogP contribution in [0.3, 0.4) is 0 Å². The van der Waals surface area contributed by atoms with Crippen LogP contribution in [0, 0.1) is 0 Å². The Morgan fingerprint density at radius 1 is 1.48 bits per heavy atom. The third-order valence-corrected chi connectivity index (χ3v) is 3.69. The van der Waals surface area contributed by atoms with Crippen LogP contribution >= 0.6 is 0 Å². The van der Waals surface area contributed by atoms with Crippen molar-refractivity contribution in [3.05, 3.63) is 48.1 Å². The van der Waals surface area contributed by atoms with Gasteiger partial charge in [-0.2, -0.15) is 0 Å². The van der Waals surface area contributed by atoms with Crippen molar-refractivity contribution in [2.45, 2.75) is 19.8 Å². The van der Waals surface area contributed by atoms with Crippen molar-refractivity contribution < 1.29 is 14.6 Å². The highest BCUT2D eigenvalue weighted by atomic mass is 16.5. The van der Waals surface area contributed by atoms with Gasteiger partial charge in [-0.1, -0.05) is 6.08 Å². The fraction of sp³-hybridized carbons (Fsp3) is 0.294. The SMILES string of the molecule is CCOCC(=O)Nc1cc([OH2+])ccc1C1=CCCc2nccn21. The Morgan fingerprint density at radius 3 is 3.17 bits per heavy atom. The van der Waals surface area contributed by atoms with Gasteiger partial charge in [0, 0.05) is 37.1 Å². The molecule has 1 aliphatic heterocycles. The van der Waals surface area contributed by atoms with Crippen LogP contribution in [0.15, 0.2) is 36.7 Å². The molecular formula is C17H20N3O3+. The quantitative estimate of drug-likeness (QED) is 0.859. The van der Waals surface area contributed by atoms with Crippen LogP contribution in [0.25, 0.3) is 5.70 Å². The van der Waals surface area contributed by atoms with Crippen LogP contribution in [0.5, 0.6) is 5.75 Å². The number of aryl methyl sites for hydroxylation is 1. The lowest BCUT2D eigenvalue weighted by molar-refractivity contribution is -0.120. The summed E-state index contributed by atoms with van der Waals surface area (Å²) in [6.45, 7) is 2.34. The average molecular weight is 314 g/mol. The number of benzene rings is 1. The number of allylic oxidation sites excluding steroid dienone is 1. The summed E-state index contributed by atoms with van der Waals surface area (Å²) in [6.07, 6.45) is 7.63. The number of fused-ring (bicyclic) bond motifs is 1. The summed E-state index contributed by atoms with van der Waals surface area (Å²) >= 11 is 0. The first kappa shape index (κ1) is 15.3. The zero-order chi connectivity index (χ0) is 16.2. The second-order valence-corrected chi connectivity index (χ2v) is 5.29. The molecule has 3 N–H and O–H groups in total. The Balaban J connectivity index is 1.94. The molecule has 3 rings (SSSR count). The fourth-order valence-corrected chi connectivity index (χ4v) is 2.67. The lowest BCUT2D eigenvalue weighted by Crippen LogP contribution is -2.19. The topological polar surface area (TPSA) is 79.1 Å². The van der Waals surface area contributed by atoms with Crippen molar-refractivity contribution in [3.8, 4) is 5.75 Å². The Hall–Kier alpha value is -2.60. The number of hydrogen-bond donors (Lipinski definition) is 1. The Labute approximate surface area is 134 Å². The van der Waals surface area contributed by atoms with Gasteiger partial charge in [0.25, 0.3) is 5.75 Å². The molecule has 6 nitrogen and oxygen atoms in total. The summed E-state index contributed by atoms with van der Waals surface area (Å²) in [5.74, 6) is 1.13. The van der Waals surface area contributed by atoms with E-state index in [1.807, 2.05) is 23.8 Å². The summed E-state index contributed by atoms with van der Waals surface area (Å²) in [5.41, 5.74) is 2.48. The third-order valence-electron chi connectivity index (χ3n) is 3.69. The maximum Gasteiger partial charge on any atom is 0.255 e. The smallest absolute Gasteiger partial charge is 0.255 e. The molecule has 0 spiro atoms. The van der Waals surface area contributed by atoms with Crippen LogP contribution in [0.2, 0.25) is 0 Å². The molecule has 1 aromatic carbocycles. The van der Waals surface area contributed by atoms with Gasteiger partial charge in [-0.3, -0.25) is 4.79 Å². The number of carbonyl (C=O) groups excluding carboxylic acids is 1. The number of rotatable bonds is 5. The van der Waals surface area contributed by atoms with E-state index in [0.717, 1.165) is 29.9 Å². The number of ether oxygens (including phenoxy) is 1. The van der Waals surface area contributed by atoms with Crippen LogP contribution in [0.4, 0.5) is 5.69 Å². The van der Waals surface area contributed by atoms with Gasteiger partial charge in [0.15, 0.2) is 0 Å². The van der Waals surface area contributed by atoms with Crippen LogP contribution < -0.4 is 5.32 Å². The van der Waals surface area contributed by atoms with E-state index in [9.17, 15) is 4.79 Å². The number of aromatic nitrogens is 2. The fourth-order valence-electron chi connectivity index (χ4n) is 2.67. The minimum Gasteiger partial charge on any atom is -0.593 e. The number of nitrogens with zero attached hydrogens (tertiary/aromatic N) is 2. The number of nitrogens with one attached hydrogen (secondary N) is 1. The second-order valence-electron chi connectivity index (χ2n) is 5.29. The predicted octanol–water partition coefficient (Wildman–Crippen LogP) is 2.13. The van der Waals surface area contributed by atoms with Crippen LogP contribution in [-0.2, 0) is 16.0 Å². The lowest BCUT2D eigenvalue weighted by Gasteiger charge is -2.19. The number of carbonyl (C=O) groups is 1. The first-order chi connectivity index (χ1) is 11.2. The van der Waals surface area contributed by atoms with Gasteiger partial charge in [-0.15, -0.1) is 0 Å². The van der Waals surface area contributed by atoms with Gasteiger partial charge in [-0.25, -0.2) is 4.98 Å². The summed E-state index contributed by atoms with van der Waals surface area (Å²) in [6, 6.07) is 5.24. The molecular weight excluding hydrogens is 294 g/mol. The molecule has 120 valence electrons. The number of anilines is 1. The molecule has 2 heterocycles. The summed E-state index contributed by atoms with van der Waals surface area (Å²) < 4.78 is 7.17. The minimum absolute atomic E-state index is 0.00748. The number of amides is 1. The Morgan fingerprint density at radius 2 is 2.35 bits per heavy atom. The van der Waals surface area contributed by atoms with Gasteiger partial charge in [-0.05, 0) is 19.4 Å². The van der Waals surface area contributed by atoms with Gasteiger partial charge in [0.1, 0.15) is 12.4 Å². The molecule has 1 amide bonds. The monoisotopic (exact) mass is 314 g/mol. The van der Waals surface area contributed by atoms with E-state index in [2.05, 4.69) is 16.4 Å². The van der Waals surface area contributed by atoms with Crippen molar-refractivity contribution in [2.24, 2.45) is 0 Å². The van der Waals surface area contributed by atoms with Crippen LogP contribution in [-0.4, -0.2) is 33.8 Å². The molecule has 0 radical (unpaired) electrons. The molecule has 0 fully saturated rings. The highest BCUT2D eigenvalue weighted by Gasteiger charge is 2.18. The molecule has 0 bridgehead atoms. The van der Waals surface area contributed by atoms with Crippen molar-refractivity contribution in [1.82, 2.24) is 9.55 Å². The van der Waals surface area contributed by atoms with E-state index >= 15 is 0 Å². The Bertz CT molecular complexity index is 749. The van der Waals surface area contributed by atoms with Crippen molar-refractivity contribution >= 4 is 17.3 Å².